The average Bonchev–Trinajstić information content (AvgIpc) is 2.78. The van der Waals surface area contributed by atoms with E-state index in [0.29, 0.717) is 12.3 Å². The molecule has 0 amide bonds. The molecule has 0 bridgehead atoms. The number of carbonyl (C=O) groups is 3. The Morgan fingerprint density at radius 2 is 1.74 bits per heavy atom. The lowest BCUT2D eigenvalue weighted by Gasteiger charge is -2.66. The van der Waals surface area contributed by atoms with Crippen molar-refractivity contribution in [2.24, 2.45) is 28.1 Å². The Morgan fingerprint density at radius 1 is 1.06 bits per heavy atom. The third-order valence-electron chi connectivity index (χ3n) is 10.6. The van der Waals surface area contributed by atoms with E-state index in [2.05, 4.69) is 32.9 Å². The van der Waals surface area contributed by atoms with Gasteiger partial charge in [-0.1, -0.05) is 45.4 Å². The summed E-state index contributed by atoms with van der Waals surface area (Å²) in [6.07, 6.45) is 10.5. The van der Waals surface area contributed by atoms with E-state index in [0.717, 1.165) is 43.3 Å². The number of aliphatic carboxylic acids is 1. The summed E-state index contributed by atoms with van der Waals surface area (Å²) in [7, 11) is 0. The van der Waals surface area contributed by atoms with E-state index in [1.54, 1.807) is 13.0 Å². The fourth-order valence-electron chi connectivity index (χ4n) is 8.18. The molecule has 3 fully saturated rings. The van der Waals surface area contributed by atoms with Gasteiger partial charge >= 0.3 is 11.9 Å². The highest BCUT2D eigenvalue weighted by atomic mass is 16.5. The number of esters is 1. The van der Waals surface area contributed by atoms with Crippen LogP contribution >= 0.6 is 0 Å². The van der Waals surface area contributed by atoms with Crippen molar-refractivity contribution in [2.75, 3.05) is 0 Å². The van der Waals surface area contributed by atoms with Gasteiger partial charge in [-0.15, -0.1) is 0 Å². The number of carboxylic acid groups (broad SMARTS) is 1. The van der Waals surface area contributed by atoms with Gasteiger partial charge in [0.2, 0.25) is 0 Å². The number of rotatable bonds is 2. The molecular formula is C29H38O6. The summed E-state index contributed by atoms with van der Waals surface area (Å²) < 4.78 is 11.9. The molecule has 2 saturated carbocycles. The first kappa shape index (κ1) is 24.5. The van der Waals surface area contributed by atoms with Gasteiger partial charge in [-0.2, -0.15) is 0 Å². The largest absolute Gasteiger partial charge is 0.479 e. The minimum absolute atomic E-state index is 0.110. The molecule has 0 spiro atoms. The van der Waals surface area contributed by atoms with Crippen LogP contribution in [0.15, 0.2) is 34.9 Å². The SMILES string of the molecule is CC(=O)OC1C(=O)C=C2C(=CC=C3C2(C)CCC2(C)C4OC(C)(C(=O)O)CCC4CCC32C)C1C. The molecule has 6 heteroatoms. The number of carboxylic acids is 1. The van der Waals surface area contributed by atoms with Crippen LogP contribution in [-0.4, -0.2) is 40.6 Å². The van der Waals surface area contributed by atoms with E-state index in [-0.39, 0.29) is 34.1 Å². The highest BCUT2D eigenvalue weighted by molar-refractivity contribution is 5.98. The molecule has 0 aromatic rings. The molecule has 190 valence electrons. The molecule has 1 aliphatic heterocycles. The van der Waals surface area contributed by atoms with E-state index in [9.17, 15) is 19.5 Å². The van der Waals surface area contributed by atoms with Crippen molar-refractivity contribution < 1.29 is 29.0 Å². The second-order valence-electron chi connectivity index (χ2n) is 12.5. The Labute approximate surface area is 207 Å². The summed E-state index contributed by atoms with van der Waals surface area (Å²) in [6.45, 7) is 11.9. The van der Waals surface area contributed by atoms with E-state index in [1.807, 2.05) is 6.92 Å². The molecule has 0 radical (unpaired) electrons. The van der Waals surface area contributed by atoms with Crippen LogP contribution in [0.1, 0.15) is 80.1 Å². The van der Waals surface area contributed by atoms with Gasteiger partial charge in [0.05, 0.1) is 6.10 Å². The minimum atomic E-state index is -1.14. The third kappa shape index (κ3) is 3.21. The highest BCUT2D eigenvalue weighted by Crippen LogP contribution is 2.71. The highest BCUT2D eigenvalue weighted by Gasteiger charge is 2.65. The zero-order valence-corrected chi connectivity index (χ0v) is 21.8. The number of ether oxygens (including phenoxy) is 2. The van der Waals surface area contributed by atoms with Gasteiger partial charge in [-0.05, 0) is 74.0 Å². The number of allylic oxidation sites excluding steroid dienone is 4. The van der Waals surface area contributed by atoms with Gasteiger partial charge in [0, 0.05) is 23.7 Å². The molecule has 1 N–H and O–H groups in total. The zero-order valence-electron chi connectivity index (χ0n) is 21.8. The summed E-state index contributed by atoms with van der Waals surface area (Å²) in [5, 5.41) is 9.90. The van der Waals surface area contributed by atoms with Crippen LogP contribution in [0.2, 0.25) is 0 Å². The number of carbonyl (C=O) groups excluding carboxylic acids is 2. The zero-order chi connectivity index (χ0) is 25.6. The lowest BCUT2D eigenvalue weighted by molar-refractivity contribution is -0.242. The first-order chi connectivity index (χ1) is 16.3. The lowest BCUT2D eigenvalue weighted by atomic mass is 9.40. The second-order valence-corrected chi connectivity index (χ2v) is 12.5. The molecular weight excluding hydrogens is 444 g/mol. The number of hydrogen-bond donors (Lipinski definition) is 1. The third-order valence-corrected chi connectivity index (χ3v) is 10.6. The molecule has 1 heterocycles. The number of hydrogen-bond acceptors (Lipinski definition) is 5. The summed E-state index contributed by atoms with van der Waals surface area (Å²) in [5.74, 6) is -1.28. The first-order valence-electron chi connectivity index (χ1n) is 13.0. The Morgan fingerprint density at radius 3 is 2.40 bits per heavy atom. The van der Waals surface area contributed by atoms with Gasteiger partial charge in [-0.3, -0.25) is 9.59 Å². The van der Waals surface area contributed by atoms with Gasteiger partial charge < -0.3 is 14.6 Å². The molecule has 6 nitrogen and oxygen atoms in total. The molecule has 0 aromatic carbocycles. The standard InChI is InChI=1S/C29H38O6/c1-16-19-7-8-22-26(3,20(19)15-21(31)23(16)34-17(2)30)13-14-28(5)24-18(9-11-27(22,28)4)10-12-29(6,35-24)25(32)33/h7-8,15-16,18,23-24H,9-14H2,1-6H3,(H,32,33). The summed E-state index contributed by atoms with van der Waals surface area (Å²) in [4.78, 5) is 36.8. The van der Waals surface area contributed by atoms with Crippen molar-refractivity contribution in [3.8, 4) is 0 Å². The van der Waals surface area contributed by atoms with Gasteiger partial charge in [0.1, 0.15) is 0 Å². The quantitative estimate of drug-likeness (QED) is 0.546. The molecule has 5 rings (SSSR count). The smallest absolute Gasteiger partial charge is 0.335 e. The van der Waals surface area contributed by atoms with Crippen molar-refractivity contribution in [1.82, 2.24) is 0 Å². The average molecular weight is 483 g/mol. The fraction of sp³-hybridized carbons (Fsp3) is 0.690. The molecule has 1 saturated heterocycles. The monoisotopic (exact) mass is 482 g/mol. The van der Waals surface area contributed by atoms with Crippen molar-refractivity contribution in [1.29, 1.82) is 0 Å². The van der Waals surface area contributed by atoms with Gasteiger partial charge in [0.25, 0.3) is 0 Å². The van der Waals surface area contributed by atoms with Crippen molar-refractivity contribution in [2.45, 2.75) is 97.9 Å². The Hall–Kier alpha value is -2.21. The van der Waals surface area contributed by atoms with E-state index in [1.165, 1.54) is 12.5 Å². The summed E-state index contributed by atoms with van der Waals surface area (Å²) in [6, 6.07) is 0. The number of ketones is 1. The van der Waals surface area contributed by atoms with E-state index in [4.69, 9.17) is 9.47 Å². The van der Waals surface area contributed by atoms with Crippen molar-refractivity contribution in [3.05, 3.63) is 34.9 Å². The topological polar surface area (TPSA) is 89.9 Å². The van der Waals surface area contributed by atoms with E-state index >= 15 is 0 Å². The summed E-state index contributed by atoms with van der Waals surface area (Å²) in [5.41, 5.74) is 1.65. The maximum Gasteiger partial charge on any atom is 0.335 e. The van der Waals surface area contributed by atoms with E-state index < -0.39 is 23.6 Å². The summed E-state index contributed by atoms with van der Waals surface area (Å²) >= 11 is 0. The Bertz CT molecular complexity index is 1100. The molecule has 8 atom stereocenters. The van der Waals surface area contributed by atoms with Crippen LogP contribution in [0.5, 0.6) is 0 Å². The van der Waals surface area contributed by atoms with Crippen LogP contribution in [-0.2, 0) is 23.9 Å². The number of fused-ring (bicyclic) bond motifs is 7. The maximum atomic E-state index is 13.1. The predicted octanol–water partition coefficient (Wildman–Crippen LogP) is 5.17. The Kier molecular flexibility index (Phi) is 5.35. The lowest BCUT2D eigenvalue weighted by Crippen LogP contribution is -2.64. The van der Waals surface area contributed by atoms with Crippen LogP contribution in [0.3, 0.4) is 0 Å². The van der Waals surface area contributed by atoms with Gasteiger partial charge in [0.15, 0.2) is 17.5 Å². The van der Waals surface area contributed by atoms with Crippen molar-refractivity contribution >= 4 is 17.7 Å². The van der Waals surface area contributed by atoms with Crippen LogP contribution < -0.4 is 0 Å². The maximum absolute atomic E-state index is 13.1. The minimum Gasteiger partial charge on any atom is -0.479 e. The Balaban J connectivity index is 1.57. The first-order valence-corrected chi connectivity index (χ1v) is 13.0. The van der Waals surface area contributed by atoms with Gasteiger partial charge in [-0.25, -0.2) is 4.79 Å². The normalized spacial score (nSPS) is 46.6. The van der Waals surface area contributed by atoms with Crippen LogP contribution in [0.4, 0.5) is 0 Å². The van der Waals surface area contributed by atoms with Crippen LogP contribution in [0, 0.1) is 28.1 Å². The van der Waals surface area contributed by atoms with Crippen LogP contribution in [0.25, 0.3) is 0 Å². The van der Waals surface area contributed by atoms with Crippen molar-refractivity contribution in [3.63, 3.8) is 0 Å². The molecule has 35 heavy (non-hydrogen) atoms. The second kappa shape index (κ2) is 7.64. The fourth-order valence-corrected chi connectivity index (χ4v) is 8.18. The molecule has 4 aliphatic carbocycles. The molecule has 8 unspecified atom stereocenters. The molecule has 0 aromatic heterocycles. The molecule has 5 aliphatic rings. The predicted molar refractivity (Wildman–Crippen MR) is 130 cm³/mol.